The molecule has 4 nitrogen and oxygen atoms in total. The number of sulfonamides is 1. The number of pyridine rings is 1. The van der Waals surface area contributed by atoms with Crippen molar-refractivity contribution >= 4 is 38.5 Å². The second kappa shape index (κ2) is 5.15. The lowest BCUT2D eigenvalue weighted by Crippen LogP contribution is -1.99. The lowest BCUT2D eigenvalue weighted by Gasteiger charge is -2.02. The topological polar surface area (TPSA) is 59.4 Å². The molecule has 1 aromatic carbocycles. The number of hydrogen-bond acceptors (Lipinski definition) is 4. The van der Waals surface area contributed by atoms with Crippen molar-refractivity contribution in [2.75, 3.05) is 0 Å². The molecule has 100 valence electrons. The molecule has 0 fully saturated rings. The van der Waals surface area contributed by atoms with E-state index in [4.69, 9.17) is 0 Å². The molecular weight excluding hydrogens is 292 g/mol. The van der Waals surface area contributed by atoms with Gasteiger partial charge in [-0.3, -0.25) is 4.98 Å². The average molecular weight is 302 g/mol. The zero-order valence-corrected chi connectivity index (χ0v) is 11.9. The molecule has 2 aromatic heterocycles. The first-order valence-electron chi connectivity index (χ1n) is 5.84. The predicted octanol–water partition coefficient (Wildman–Crippen LogP) is 3.10. The van der Waals surface area contributed by atoms with Gasteiger partial charge in [0.15, 0.2) is 0 Å². The van der Waals surface area contributed by atoms with Gasteiger partial charge in [-0.15, -0.1) is 11.3 Å². The minimum Gasteiger partial charge on any atom is -0.255 e. The summed E-state index contributed by atoms with van der Waals surface area (Å²) >= 11 is 1.43. The lowest BCUT2D eigenvalue weighted by atomic mass is 10.2. The van der Waals surface area contributed by atoms with Gasteiger partial charge in [0.2, 0.25) is 0 Å². The third-order valence-electron chi connectivity index (χ3n) is 2.74. The van der Waals surface area contributed by atoms with Crippen LogP contribution >= 0.6 is 11.3 Å². The Kier molecular flexibility index (Phi) is 3.33. The molecule has 0 aliphatic rings. The Morgan fingerprint density at radius 3 is 2.75 bits per heavy atom. The molecule has 0 N–H and O–H groups in total. The lowest BCUT2D eigenvalue weighted by molar-refractivity contribution is 0.599. The molecule has 0 aliphatic heterocycles. The van der Waals surface area contributed by atoms with Gasteiger partial charge in [0.05, 0.1) is 11.7 Å². The molecule has 0 spiro atoms. The normalized spacial score (nSPS) is 12.2. The third-order valence-corrected chi connectivity index (χ3v) is 4.81. The fraction of sp³-hybridized carbons (Fsp3) is 0. The minimum absolute atomic E-state index is 0.128. The van der Waals surface area contributed by atoms with Crippen LogP contribution in [0.25, 0.3) is 10.9 Å². The van der Waals surface area contributed by atoms with Crippen LogP contribution in [0.4, 0.5) is 0 Å². The summed E-state index contributed by atoms with van der Waals surface area (Å²) in [5, 5.41) is 2.65. The SMILES string of the molecule is O=S(=O)(/N=C/c1cccs1)c1cccc2cccnc12. The van der Waals surface area contributed by atoms with E-state index in [0.29, 0.717) is 5.52 Å². The molecule has 0 amide bonds. The Hall–Kier alpha value is -2.05. The Labute approximate surface area is 120 Å². The van der Waals surface area contributed by atoms with Crippen molar-refractivity contribution in [1.82, 2.24) is 4.98 Å². The Bertz CT molecular complexity index is 864. The van der Waals surface area contributed by atoms with Crippen molar-refractivity contribution < 1.29 is 8.42 Å². The monoisotopic (exact) mass is 302 g/mol. The van der Waals surface area contributed by atoms with Crippen molar-refractivity contribution in [3.05, 3.63) is 58.9 Å². The van der Waals surface area contributed by atoms with Crippen molar-refractivity contribution in [2.45, 2.75) is 4.90 Å². The van der Waals surface area contributed by atoms with E-state index in [9.17, 15) is 8.42 Å². The smallest absolute Gasteiger partial charge is 0.255 e. The van der Waals surface area contributed by atoms with Crippen molar-refractivity contribution in [2.24, 2.45) is 4.40 Å². The Morgan fingerprint density at radius 1 is 1.10 bits per heavy atom. The van der Waals surface area contributed by atoms with Gasteiger partial charge in [-0.25, -0.2) is 0 Å². The van der Waals surface area contributed by atoms with Crippen molar-refractivity contribution in [1.29, 1.82) is 0 Å². The summed E-state index contributed by atoms with van der Waals surface area (Å²) in [5.41, 5.74) is 0.443. The van der Waals surface area contributed by atoms with Gasteiger partial charge in [0.25, 0.3) is 10.0 Å². The molecule has 0 unspecified atom stereocenters. The number of rotatable bonds is 3. The van der Waals surface area contributed by atoms with Gasteiger partial charge in [-0.05, 0) is 23.6 Å². The standard InChI is InChI=1S/C14H10N2O2S2/c17-20(18,16-10-12-6-3-9-19-12)13-7-1-4-11-5-2-8-15-14(11)13/h1-10H/b16-10+. The van der Waals surface area contributed by atoms with E-state index in [1.165, 1.54) is 23.6 Å². The highest BCUT2D eigenvalue weighted by atomic mass is 32.2. The van der Waals surface area contributed by atoms with Crippen LogP contribution in [0.15, 0.2) is 63.3 Å². The summed E-state index contributed by atoms with van der Waals surface area (Å²) < 4.78 is 28.4. The van der Waals surface area contributed by atoms with Crippen LogP contribution in [0.5, 0.6) is 0 Å². The maximum Gasteiger partial charge on any atom is 0.284 e. The predicted molar refractivity (Wildman–Crippen MR) is 80.8 cm³/mol. The largest absolute Gasteiger partial charge is 0.284 e. The average Bonchev–Trinajstić information content (AvgIpc) is 2.98. The van der Waals surface area contributed by atoms with E-state index in [0.717, 1.165) is 10.3 Å². The molecule has 6 heteroatoms. The first-order chi connectivity index (χ1) is 9.67. The minimum atomic E-state index is -3.75. The molecule has 2 heterocycles. The highest BCUT2D eigenvalue weighted by Gasteiger charge is 2.16. The van der Waals surface area contributed by atoms with Crippen molar-refractivity contribution in [3.63, 3.8) is 0 Å². The number of fused-ring (bicyclic) bond motifs is 1. The summed E-state index contributed by atoms with van der Waals surface area (Å²) in [5.74, 6) is 0. The zero-order chi connectivity index (χ0) is 14.0. The number of aromatic nitrogens is 1. The molecule has 3 rings (SSSR count). The summed E-state index contributed by atoms with van der Waals surface area (Å²) in [7, 11) is -3.75. The summed E-state index contributed by atoms with van der Waals surface area (Å²) in [6.45, 7) is 0. The van der Waals surface area contributed by atoms with Crippen LogP contribution < -0.4 is 0 Å². The molecule has 0 bridgehead atoms. The summed E-state index contributed by atoms with van der Waals surface area (Å²) in [6, 6.07) is 12.3. The van der Waals surface area contributed by atoms with Gasteiger partial charge in [-0.1, -0.05) is 24.3 Å². The van der Waals surface area contributed by atoms with E-state index in [2.05, 4.69) is 9.38 Å². The zero-order valence-electron chi connectivity index (χ0n) is 10.3. The van der Waals surface area contributed by atoms with E-state index < -0.39 is 10.0 Å². The molecule has 3 aromatic rings. The highest BCUT2D eigenvalue weighted by molar-refractivity contribution is 7.90. The van der Waals surface area contributed by atoms with Crippen LogP contribution in [0.3, 0.4) is 0 Å². The molecule has 0 atom stereocenters. The number of thiophene rings is 1. The number of hydrogen-bond donors (Lipinski definition) is 0. The summed E-state index contributed by atoms with van der Waals surface area (Å²) in [6.07, 6.45) is 2.94. The third kappa shape index (κ3) is 2.48. The molecule has 0 aliphatic carbocycles. The Morgan fingerprint density at radius 2 is 1.95 bits per heavy atom. The maximum atomic E-state index is 12.3. The number of benzene rings is 1. The quantitative estimate of drug-likeness (QED) is 0.698. The fourth-order valence-electron chi connectivity index (χ4n) is 1.83. The van der Waals surface area contributed by atoms with Crippen LogP contribution in [0.1, 0.15) is 4.88 Å². The number of nitrogens with zero attached hydrogens (tertiary/aromatic N) is 2. The number of para-hydroxylation sites is 1. The fourth-order valence-corrected chi connectivity index (χ4v) is 3.51. The molecule has 0 radical (unpaired) electrons. The molecule has 20 heavy (non-hydrogen) atoms. The van der Waals surface area contributed by atoms with E-state index in [1.807, 2.05) is 29.6 Å². The van der Waals surface area contributed by atoms with Gasteiger partial charge in [-0.2, -0.15) is 12.8 Å². The van der Waals surface area contributed by atoms with Gasteiger partial charge in [0.1, 0.15) is 4.90 Å². The van der Waals surface area contributed by atoms with Crippen LogP contribution in [-0.2, 0) is 10.0 Å². The molecule has 0 saturated carbocycles. The molecular formula is C14H10N2O2S2. The van der Waals surface area contributed by atoms with Crippen molar-refractivity contribution in [3.8, 4) is 0 Å². The maximum absolute atomic E-state index is 12.3. The van der Waals surface area contributed by atoms with Crippen LogP contribution in [-0.4, -0.2) is 19.6 Å². The Balaban J connectivity index is 2.10. The van der Waals surface area contributed by atoms with E-state index in [1.54, 1.807) is 18.3 Å². The first-order valence-corrected chi connectivity index (χ1v) is 8.16. The highest BCUT2D eigenvalue weighted by Crippen LogP contribution is 2.22. The van der Waals surface area contributed by atoms with E-state index >= 15 is 0 Å². The van der Waals surface area contributed by atoms with Gasteiger partial charge < -0.3 is 0 Å². The van der Waals surface area contributed by atoms with Gasteiger partial charge in [0, 0.05) is 16.5 Å². The van der Waals surface area contributed by atoms with Crippen LogP contribution in [0.2, 0.25) is 0 Å². The van der Waals surface area contributed by atoms with E-state index in [-0.39, 0.29) is 4.90 Å². The summed E-state index contributed by atoms with van der Waals surface area (Å²) in [4.78, 5) is 5.06. The second-order valence-corrected chi connectivity index (χ2v) is 6.64. The van der Waals surface area contributed by atoms with Gasteiger partial charge >= 0.3 is 0 Å². The van der Waals surface area contributed by atoms with Crippen LogP contribution in [0, 0.1) is 0 Å². The second-order valence-electron chi connectivity index (χ2n) is 4.06. The first kappa shape index (κ1) is 13.0. The molecule has 0 saturated heterocycles.